The third kappa shape index (κ3) is 3.12. The molecule has 3 N–H and O–H groups in total. The van der Waals surface area contributed by atoms with E-state index >= 15 is 0 Å². The summed E-state index contributed by atoms with van der Waals surface area (Å²) in [6.45, 7) is -0.488. The molecule has 2 rings (SSSR count). The smallest absolute Gasteiger partial charge is 0.323 e. The van der Waals surface area contributed by atoms with E-state index in [1.54, 1.807) is 0 Å². The third-order valence-electron chi connectivity index (χ3n) is 4.14. The van der Waals surface area contributed by atoms with Gasteiger partial charge in [0.25, 0.3) is 0 Å². The number of carbonyl (C=O) groups excluding carboxylic acids is 1. The number of hydrogen-bond donors (Lipinski definition) is 2. The van der Waals surface area contributed by atoms with Gasteiger partial charge in [0.1, 0.15) is 6.54 Å². The molecule has 0 radical (unpaired) electrons. The molecule has 1 amide bonds. The van der Waals surface area contributed by atoms with Crippen LogP contribution < -0.4 is 5.73 Å². The van der Waals surface area contributed by atoms with Gasteiger partial charge in [0.2, 0.25) is 5.91 Å². The first kappa shape index (κ1) is 15.2. The van der Waals surface area contributed by atoms with Gasteiger partial charge in [-0.25, -0.2) is 8.42 Å². The Morgan fingerprint density at radius 3 is 2.35 bits per heavy atom. The second-order valence-corrected chi connectivity index (χ2v) is 7.98. The molecule has 1 heterocycles. The van der Waals surface area contributed by atoms with Crippen molar-refractivity contribution in [1.29, 1.82) is 0 Å². The fraction of sp³-hybridized carbons (Fsp3) is 0.833. The van der Waals surface area contributed by atoms with Crippen molar-refractivity contribution in [3.63, 3.8) is 0 Å². The molecule has 0 aromatic rings. The molecule has 0 spiro atoms. The predicted octanol–water partition coefficient (Wildman–Crippen LogP) is -0.642. The number of rotatable bonds is 4. The van der Waals surface area contributed by atoms with Crippen LogP contribution >= 0.6 is 0 Å². The van der Waals surface area contributed by atoms with Gasteiger partial charge in [0.15, 0.2) is 9.84 Å². The van der Waals surface area contributed by atoms with Crippen LogP contribution in [0, 0.1) is 0 Å². The summed E-state index contributed by atoms with van der Waals surface area (Å²) in [5.41, 5.74) is 5.05. The van der Waals surface area contributed by atoms with Gasteiger partial charge in [-0.2, -0.15) is 0 Å². The SMILES string of the molecule is NC1(C(=O)N(CC(=O)O)C2CCS(=O)(=O)C2)CCCC1. The number of carboxylic acids is 1. The molecule has 20 heavy (non-hydrogen) atoms. The van der Waals surface area contributed by atoms with Crippen molar-refractivity contribution in [3.8, 4) is 0 Å². The van der Waals surface area contributed by atoms with Crippen molar-refractivity contribution in [1.82, 2.24) is 4.90 Å². The van der Waals surface area contributed by atoms with E-state index < -0.39 is 39.8 Å². The molecule has 0 aromatic heterocycles. The number of amides is 1. The number of carbonyl (C=O) groups is 2. The largest absolute Gasteiger partial charge is 0.480 e. The lowest BCUT2D eigenvalue weighted by Gasteiger charge is -2.34. The average molecular weight is 304 g/mol. The third-order valence-corrected chi connectivity index (χ3v) is 5.89. The van der Waals surface area contributed by atoms with Gasteiger partial charge in [-0.15, -0.1) is 0 Å². The minimum Gasteiger partial charge on any atom is -0.480 e. The standard InChI is InChI=1S/C12H20N2O5S/c13-12(4-1-2-5-12)11(17)14(7-10(15)16)9-3-6-20(18,19)8-9/h9H,1-8,13H2,(H,15,16). The number of aliphatic carboxylic acids is 1. The molecule has 7 nitrogen and oxygen atoms in total. The first-order valence-corrected chi connectivity index (χ1v) is 8.58. The highest BCUT2D eigenvalue weighted by Gasteiger charge is 2.44. The molecule has 114 valence electrons. The minimum atomic E-state index is -3.18. The normalized spacial score (nSPS) is 27.4. The van der Waals surface area contributed by atoms with E-state index in [0.29, 0.717) is 12.8 Å². The highest BCUT2D eigenvalue weighted by atomic mass is 32.2. The maximum atomic E-state index is 12.5. The van der Waals surface area contributed by atoms with Crippen molar-refractivity contribution in [2.24, 2.45) is 5.73 Å². The van der Waals surface area contributed by atoms with Gasteiger partial charge in [-0.3, -0.25) is 9.59 Å². The zero-order valence-corrected chi connectivity index (χ0v) is 12.1. The molecule has 0 bridgehead atoms. The second-order valence-electron chi connectivity index (χ2n) is 5.75. The van der Waals surface area contributed by atoms with Crippen molar-refractivity contribution in [2.75, 3.05) is 18.1 Å². The van der Waals surface area contributed by atoms with Gasteiger partial charge in [-0.05, 0) is 19.3 Å². The van der Waals surface area contributed by atoms with Gasteiger partial charge >= 0.3 is 5.97 Å². The van der Waals surface area contributed by atoms with E-state index in [4.69, 9.17) is 10.8 Å². The zero-order chi connectivity index (χ0) is 15.0. The van der Waals surface area contributed by atoms with Crippen molar-refractivity contribution >= 4 is 21.7 Å². The van der Waals surface area contributed by atoms with Gasteiger partial charge in [-0.1, -0.05) is 12.8 Å². The lowest BCUT2D eigenvalue weighted by atomic mass is 9.96. The fourth-order valence-corrected chi connectivity index (χ4v) is 4.77. The van der Waals surface area contributed by atoms with E-state index in [9.17, 15) is 18.0 Å². The van der Waals surface area contributed by atoms with Crippen LogP contribution in [0.3, 0.4) is 0 Å². The van der Waals surface area contributed by atoms with Crippen LogP contribution in [0.15, 0.2) is 0 Å². The number of nitrogens with two attached hydrogens (primary N) is 1. The molecule has 2 fully saturated rings. The van der Waals surface area contributed by atoms with Gasteiger partial charge in [0, 0.05) is 6.04 Å². The summed E-state index contributed by atoms with van der Waals surface area (Å²) >= 11 is 0. The maximum absolute atomic E-state index is 12.5. The van der Waals surface area contributed by atoms with Crippen molar-refractivity contribution < 1.29 is 23.1 Å². The highest BCUT2D eigenvalue weighted by Crippen LogP contribution is 2.31. The average Bonchev–Trinajstić information content (AvgIpc) is 2.92. The van der Waals surface area contributed by atoms with Gasteiger partial charge in [0.05, 0.1) is 17.0 Å². The van der Waals surface area contributed by atoms with E-state index in [2.05, 4.69) is 0 Å². The quantitative estimate of drug-likeness (QED) is 0.713. The summed E-state index contributed by atoms with van der Waals surface area (Å²) in [6, 6.07) is -0.565. The predicted molar refractivity (Wildman–Crippen MR) is 71.8 cm³/mol. The summed E-state index contributed by atoms with van der Waals surface area (Å²) in [6.07, 6.45) is 3.03. The molecule has 8 heteroatoms. The van der Waals surface area contributed by atoms with Crippen LogP contribution in [-0.2, 0) is 19.4 Å². The molecule has 0 aromatic carbocycles. The lowest BCUT2D eigenvalue weighted by Crippen LogP contribution is -2.57. The molecule has 1 atom stereocenters. The first-order chi connectivity index (χ1) is 9.23. The molecule has 1 unspecified atom stereocenters. The van der Waals surface area contributed by atoms with Crippen LogP contribution in [0.4, 0.5) is 0 Å². The molecule has 2 aliphatic rings. The van der Waals surface area contributed by atoms with Crippen molar-refractivity contribution in [2.45, 2.75) is 43.7 Å². The summed E-state index contributed by atoms with van der Waals surface area (Å²) in [5, 5.41) is 8.97. The molecule has 1 saturated heterocycles. The number of sulfone groups is 1. The number of nitrogens with zero attached hydrogens (tertiary/aromatic N) is 1. The van der Waals surface area contributed by atoms with Crippen LogP contribution in [0.5, 0.6) is 0 Å². The molecule has 1 aliphatic carbocycles. The topological polar surface area (TPSA) is 118 Å². The van der Waals surface area contributed by atoms with Crippen molar-refractivity contribution in [3.05, 3.63) is 0 Å². The van der Waals surface area contributed by atoms with Crippen LogP contribution in [0.25, 0.3) is 0 Å². The Morgan fingerprint density at radius 2 is 1.90 bits per heavy atom. The Labute approximate surface area is 118 Å². The Morgan fingerprint density at radius 1 is 1.30 bits per heavy atom. The summed E-state index contributed by atoms with van der Waals surface area (Å²) in [5.74, 6) is -1.73. The van der Waals surface area contributed by atoms with Crippen LogP contribution in [0.2, 0.25) is 0 Å². The second kappa shape index (κ2) is 5.33. The highest BCUT2D eigenvalue weighted by molar-refractivity contribution is 7.91. The maximum Gasteiger partial charge on any atom is 0.323 e. The van der Waals surface area contributed by atoms with Crippen LogP contribution in [-0.4, -0.2) is 59.9 Å². The number of hydrogen-bond acceptors (Lipinski definition) is 5. The van der Waals surface area contributed by atoms with Crippen LogP contribution in [0.1, 0.15) is 32.1 Å². The van der Waals surface area contributed by atoms with E-state index in [-0.39, 0.29) is 17.9 Å². The monoisotopic (exact) mass is 304 g/mol. The summed E-state index contributed by atoms with van der Waals surface area (Å²) < 4.78 is 23.1. The molecule has 1 aliphatic heterocycles. The first-order valence-electron chi connectivity index (χ1n) is 6.76. The van der Waals surface area contributed by atoms with E-state index in [0.717, 1.165) is 17.7 Å². The Bertz CT molecular complexity index is 510. The molecular weight excluding hydrogens is 284 g/mol. The Balaban J connectivity index is 2.19. The van der Waals surface area contributed by atoms with E-state index in [1.165, 1.54) is 0 Å². The van der Waals surface area contributed by atoms with E-state index in [1.807, 2.05) is 0 Å². The fourth-order valence-electron chi connectivity index (χ4n) is 3.04. The Hall–Kier alpha value is -1.15. The molecule has 1 saturated carbocycles. The summed E-state index contributed by atoms with van der Waals surface area (Å²) in [7, 11) is -3.18. The summed E-state index contributed by atoms with van der Waals surface area (Å²) in [4.78, 5) is 24.7. The molecular formula is C12H20N2O5S. The zero-order valence-electron chi connectivity index (χ0n) is 11.2. The van der Waals surface area contributed by atoms with Gasteiger partial charge < -0.3 is 15.7 Å². The Kier molecular flexibility index (Phi) is 4.06. The number of carboxylic acid groups (broad SMARTS) is 1. The lowest BCUT2D eigenvalue weighted by molar-refractivity contribution is -0.148. The minimum absolute atomic E-state index is 0.00135.